The van der Waals surface area contributed by atoms with Crippen molar-refractivity contribution in [2.75, 3.05) is 0 Å². The zero-order chi connectivity index (χ0) is 17.6. The molecule has 23 heavy (non-hydrogen) atoms. The molecule has 0 spiro atoms. The number of nitrogens with one attached hydrogen (secondary N) is 2. The molecule has 3 amide bonds. The standard InChI is InChI=1S/C15H19N3O5/c1-8(9(2)19)17-15(23)11(7-13(16)21)18-14(22)10-5-3-4-6-12(10)20/h3-6,8,11,20H,7H2,1-2H3,(H2,16,21)(H,17,23)(H,18,22)/t8-,11+/m0/s1. The minimum absolute atomic E-state index is 0.0469. The minimum Gasteiger partial charge on any atom is -0.507 e. The van der Waals surface area contributed by atoms with Crippen molar-refractivity contribution in [3.05, 3.63) is 29.8 Å². The van der Waals surface area contributed by atoms with Gasteiger partial charge in [0.25, 0.3) is 5.91 Å². The predicted molar refractivity (Wildman–Crippen MR) is 81.5 cm³/mol. The second-order valence-electron chi connectivity index (χ2n) is 5.05. The number of hydrogen-bond acceptors (Lipinski definition) is 5. The summed E-state index contributed by atoms with van der Waals surface area (Å²) in [6.45, 7) is 2.78. The number of hydrogen-bond donors (Lipinski definition) is 4. The van der Waals surface area contributed by atoms with Gasteiger partial charge in [-0.25, -0.2) is 0 Å². The van der Waals surface area contributed by atoms with Gasteiger partial charge in [0.05, 0.1) is 18.0 Å². The molecule has 0 radical (unpaired) electrons. The molecule has 0 saturated heterocycles. The number of amides is 3. The number of para-hydroxylation sites is 1. The Bertz CT molecular complexity index is 629. The van der Waals surface area contributed by atoms with Gasteiger partial charge in [0.1, 0.15) is 11.8 Å². The summed E-state index contributed by atoms with van der Waals surface area (Å²) < 4.78 is 0. The van der Waals surface area contributed by atoms with E-state index in [-0.39, 0.29) is 17.1 Å². The highest BCUT2D eigenvalue weighted by atomic mass is 16.3. The van der Waals surface area contributed by atoms with E-state index in [9.17, 15) is 24.3 Å². The molecule has 1 aromatic carbocycles. The number of aromatic hydroxyl groups is 1. The van der Waals surface area contributed by atoms with Crippen LogP contribution in [0.4, 0.5) is 0 Å². The average Bonchev–Trinajstić information content (AvgIpc) is 2.46. The van der Waals surface area contributed by atoms with Crippen molar-refractivity contribution in [1.82, 2.24) is 10.6 Å². The summed E-state index contributed by atoms with van der Waals surface area (Å²) in [5.41, 5.74) is 5.03. The van der Waals surface area contributed by atoms with Crippen LogP contribution in [0, 0.1) is 0 Å². The van der Waals surface area contributed by atoms with Gasteiger partial charge in [0.15, 0.2) is 5.78 Å². The lowest BCUT2D eigenvalue weighted by Crippen LogP contribution is -2.51. The first-order valence-electron chi connectivity index (χ1n) is 6.90. The fourth-order valence-corrected chi connectivity index (χ4v) is 1.73. The third-order valence-corrected chi connectivity index (χ3v) is 3.14. The van der Waals surface area contributed by atoms with Gasteiger partial charge < -0.3 is 21.5 Å². The summed E-state index contributed by atoms with van der Waals surface area (Å²) >= 11 is 0. The van der Waals surface area contributed by atoms with Crippen LogP contribution in [-0.2, 0) is 14.4 Å². The van der Waals surface area contributed by atoms with Crippen LogP contribution < -0.4 is 16.4 Å². The van der Waals surface area contributed by atoms with Gasteiger partial charge in [-0.15, -0.1) is 0 Å². The number of phenols is 1. The molecular weight excluding hydrogens is 302 g/mol. The Kier molecular flexibility index (Phi) is 6.25. The smallest absolute Gasteiger partial charge is 0.255 e. The van der Waals surface area contributed by atoms with E-state index in [4.69, 9.17) is 5.73 Å². The maximum Gasteiger partial charge on any atom is 0.255 e. The first kappa shape index (κ1) is 18.1. The van der Waals surface area contributed by atoms with E-state index in [2.05, 4.69) is 10.6 Å². The molecule has 1 aromatic rings. The molecule has 8 nitrogen and oxygen atoms in total. The molecule has 0 aliphatic carbocycles. The summed E-state index contributed by atoms with van der Waals surface area (Å²) in [5.74, 6) is -2.78. The van der Waals surface area contributed by atoms with Crippen LogP contribution in [-0.4, -0.2) is 40.7 Å². The van der Waals surface area contributed by atoms with Crippen LogP contribution in [0.3, 0.4) is 0 Å². The first-order valence-corrected chi connectivity index (χ1v) is 6.90. The largest absolute Gasteiger partial charge is 0.507 e. The molecule has 0 bridgehead atoms. The second-order valence-corrected chi connectivity index (χ2v) is 5.05. The van der Waals surface area contributed by atoms with Gasteiger partial charge in [0.2, 0.25) is 11.8 Å². The third kappa shape index (κ3) is 5.42. The lowest BCUT2D eigenvalue weighted by molar-refractivity contribution is -0.129. The van der Waals surface area contributed by atoms with E-state index < -0.39 is 36.2 Å². The van der Waals surface area contributed by atoms with Crippen LogP contribution in [0.1, 0.15) is 30.6 Å². The number of carbonyl (C=O) groups is 4. The lowest BCUT2D eigenvalue weighted by atomic mass is 10.1. The van der Waals surface area contributed by atoms with E-state index in [1.807, 2.05) is 0 Å². The molecule has 8 heteroatoms. The lowest BCUT2D eigenvalue weighted by Gasteiger charge is -2.19. The number of nitrogens with two attached hydrogens (primary N) is 1. The quantitative estimate of drug-likeness (QED) is 0.534. The van der Waals surface area contributed by atoms with Crippen LogP contribution in [0.15, 0.2) is 24.3 Å². The Morgan fingerprint density at radius 1 is 1.17 bits per heavy atom. The molecule has 0 unspecified atom stereocenters. The molecule has 0 fully saturated rings. The second kappa shape index (κ2) is 7.92. The van der Waals surface area contributed by atoms with Crippen molar-refractivity contribution in [3.63, 3.8) is 0 Å². The number of benzene rings is 1. The van der Waals surface area contributed by atoms with E-state index in [0.717, 1.165) is 0 Å². The van der Waals surface area contributed by atoms with Crippen molar-refractivity contribution in [1.29, 1.82) is 0 Å². The number of primary amides is 1. The molecule has 5 N–H and O–H groups in total. The summed E-state index contributed by atoms with van der Waals surface area (Å²) in [6, 6.07) is 3.74. The van der Waals surface area contributed by atoms with Crippen molar-refractivity contribution >= 4 is 23.5 Å². The first-order chi connectivity index (χ1) is 10.7. The highest BCUT2D eigenvalue weighted by molar-refractivity contribution is 6.01. The molecule has 0 aliphatic heterocycles. The Balaban J connectivity index is 2.88. The number of rotatable bonds is 7. The molecule has 0 aromatic heterocycles. The summed E-state index contributed by atoms with van der Waals surface area (Å²) in [5, 5.41) is 14.3. The summed E-state index contributed by atoms with van der Waals surface area (Å²) in [6.07, 6.45) is -0.435. The fraction of sp³-hybridized carbons (Fsp3) is 0.333. The van der Waals surface area contributed by atoms with Gasteiger partial charge in [-0.05, 0) is 26.0 Å². The van der Waals surface area contributed by atoms with Gasteiger partial charge in [-0.1, -0.05) is 12.1 Å². The number of ketones is 1. The Labute approximate surface area is 133 Å². The van der Waals surface area contributed by atoms with Crippen LogP contribution in [0.2, 0.25) is 0 Å². The molecule has 124 valence electrons. The summed E-state index contributed by atoms with van der Waals surface area (Å²) in [4.78, 5) is 46.5. The van der Waals surface area contributed by atoms with E-state index in [0.29, 0.717) is 0 Å². The molecular formula is C15H19N3O5. The predicted octanol–water partition coefficient (Wildman–Crippen LogP) is -0.540. The zero-order valence-electron chi connectivity index (χ0n) is 12.8. The van der Waals surface area contributed by atoms with Gasteiger partial charge in [0, 0.05) is 0 Å². The SMILES string of the molecule is CC(=O)[C@H](C)NC(=O)[C@@H](CC(N)=O)NC(=O)c1ccccc1O. The Morgan fingerprint density at radius 2 is 1.78 bits per heavy atom. The van der Waals surface area contributed by atoms with Crippen molar-refractivity contribution < 1.29 is 24.3 Å². The van der Waals surface area contributed by atoms with E-state index in [1.165, 1.54) is 38.1 Å². The zero-order valence-corrected chi connectivity index (χ0v) is 12.8. The van der Waals surface area contributed by atoms with Gasteiger partial charge >= 0.3 is 0 Å². The van der Waals surface area contributed by atoms with E-state index in [1.54, 1.807) is 0 Å². The minimum atomic E-state index is -1.25. The maximum absolute atomic E-state index is 12.1. The van der Waals surface area contributed by atoms with Crippen molar-refractivity contribution in [2.24, 2.45) is 5.73 Å². The molecule has 0 saturated carbocycles. The topological polar surface area (TPSA) is 139 Å². The number of carbonyl (C=O) groups excluding carboxylic acids is 4. The van der Waals surface area contributed by atoms with Crippen LogP contribution >= 0.6 is 0 Å². The van der Waals surface area contributed by atoms with Gasteiger partial charge in [-0.2, -0.15) is 0 Å². The van der Waals surface area contributed by atoms with E-state index >= 15 is 0 Å². The Morgan fingerprint density at radius 3 is 2.30 bits per heavy atom. The number of phenolic OH excluding ortho intramolecular Hbond substituents is 1. The van der Waals surface area contributed by atoms with Gasteiger partial charge in [-0.3, -0.25) is 19.2 Å². The van der Waals surface area contributed by atoms with Crippen molar-refractivity contribution in [2.45, 2.75) is 32.4 Å². The monoisotopic (exact) mass is 321 g/mol. The van der Waals surface area contributed by atoms with Crippen LogP contribution in [0.5, 0.6) is 5.75 Å². The third-order valence-electron chi connectivity index (χ3n) is 3.14. The maximum atomic E-state index is 12.1. The Hall–Kier alpha value is -2.90. The average molecular weight is 321 g/mol. The van der Waals surface area contributed by atoms with Crippen LogP contribution in [0.25, 0.3) is 0 Å². The highest BCUT2D eigenvalue weighted by Crippen LogP contribution is 2.15. The molecule has 1 rings (SSSR count). The van der Waals surface area contributed by atoms with Crippen molar-refractivity contribution in [3.8, 4) is 5.75 Å². The fourth-order valence-electron chi connectivity index (χ4n) is 1.73. The summed E-state index contributed by atoms with van der Waals surface area (Å²) in [7, 11) is 0. The number of Topliss-reactive ketones (excluding diaryl/α,β-unsaturated/α-hetero) is 1. The highest BCUT2D eigenvalue weighted by Gasteiger charge is 2.26. The molecule has 0 aliphatic rings. The normalized spacial score (nSPS) is 12.8. The molecule has 0 heterocycles. The molecule has 2 atom stereocenters.